The van der Waals surface area contributed by atoms with Gasteiger partial charge in [0.25, 0.3) is 0 Å². The van der Waals surface area contributed by atoms with Crippen LogP contribution in [-0.2, 0) is 0 Å². The molecule has 2 saturated heterocycles. The lowest BCUT2D eigenvalue weighted by Gasteiger charge is -2.40. The summed E-state index contributed by atoms with van der Waals surface area (Å²) in [6.45, 7) is 0. The summed E-state index contributed by atoms with van der Waals surface area (Å²) in [4.78, 5) is 0. The number of piperidine rings is 1. The molecule has 3 heteroatoms. The van der Waals surface area contributed by atoms with Gasteiger partial charge < -0.3 is 15.8 Å². The van der Waals surface area contributed by atoms with Crippen LogP contribution in [0.4, 0.5) is 0 Å². The number of nitrogens with two attached hydrogens (primary N) is 1. The van der Waals surface area contributed by atoms with Gasteiger partial charge in [0.05, 0.1) is 6.04 Å². The van der Waals surface area contributed by atoms with Crippen molar-refractivity contribution in [3.05, 3.63) is 29.8 Å². The normalized spacial score (nSPS) is 42.5. The van der Waals surface area contributed by atoms with Crippen molar-refractivity contribution in [1.29, 1.82) is 0 Å². The molecule has 0 saturated carbocycles. The minimum atomic E-state index is -0.138. The summed E-state index contributed by atoms with van der Waals surface area (Å²) in [5.74, 6) is 1.00. The molecule has 0 unspecified atom stereocenters. The highest BCUT2D eigenvalue weighted by molar-refractivity contribution is 5.43. The second-order valence-corrected chi connectivity index (χ2v) is 5.73. The summed E-state index contributed by atoms with van der Waals surface area (Å²) in [6, 6.07) is 9.50. The minimum absolute atomic E-state index is 0.0453. The van der Waals surface area contributed by atoms with E-state index in [1.165, 1.54) is 18.4 Å². The topological polar surface area (TPSA) is 47.3 Å². The molecule has 2 fully saturated rings. The van der Waals surface area contributed by atoms with Gasteiger partial charge in [0.15, 0.2) is 0 Å². The van der Waals surface area contributed by atoms with Crippen molar-refractivity contribution in [2.45, 2.75) is 49.4 Å². The predicted molar refractivity (Wildman–Crippen MR) is 65.9 cm³/mol. The fourth-order valence-electron chi connectivity index (χ4n) is 3.88. The van der Waals surface area contributed by atoms with Crippen molar-refractivity contribution < 1.29 is 4.74 Å². The number of fused-ring (bicyclic) bond motifs is 3. The number of hydrogen-bond acceptors (Lipinski definition) is 3. The third-order valence-electron chi connectivity index (χ3n) is 4.65. The molecular weight excluding hydrogens is 212 g/mol. The van der Waals surface area contributed by atoms with E-state index in [0.717, 1.165) is 18.6 Å². The number of rotatable bonds is 0. The van der Waals surface area contributed by atoms with E-state index in [1.807, 2.05) is 12.1 Å². The van der Waals surface area contributed by atoms with E-state index in [-0.39, 0.29) is 11.6 Å². The smallest absolute Gasteiger partial charge is 0.131 e. The standard InChI is InChI=1S/C14H18N2O/c15-13-11-3-1-2-4-12(11)17-14(13)7-9-5-6-10(8-14)16-9/h1-4,9-10,13,16H,5-8,15H2/t9-,10+,13-,14+/m1/s1. The maximum Gasteiger partial charge on any atom is 0.131 e. The van der Waals surface area contributed by atoms with Crippen LogP contribution in [0.1, 0.15) is 37.3 Å². The van der Waals surface area contributed by atoms with Crippen molar-refractivity contribution in [3.8, 4) is 5.75 Å². The van der Waals surface area contributed by atoms with Gasteiger partial charge in [0.2, 0.25) is 0 Å². The van der Waals surface area contributed by atoms with Crippen LogP contribution in [0.25, 0.3) is 0 Å². The van der Waals surface area contributed by atoms with Crippen LogP contribution in [0, 0.1) is 0 Å². The largest absolute Gasteiger partial charge is 0.485 e. The molecule has 3 aliphatic rings. The van der Waals surface area contributed by atoms with Gasteiger partial charge in [-0.2, -0.15) is 0 Å². The molecule has 90 valence electrons. The van der Waals surface area contributed by atoms with Crippen molar-refractivity contribution in [1.82, 2.24) is 5.32 Å². The highest BCUT2D eigenvalue weighted by atomic mass is 16.5. The Balaban J connectivity index is 1.73. The van der Waals surface area contributed by atoms with Crippen LogP contribution in [0.5, 0.6) is 5.75 Å². The van der Waals surface area contributed by atoms with Crippen LogP contribution in [0.2, 0.25) is 0 Å². The Bertz CT molecular complexity index is 447. The highest BCUT2D eigenvalue weighted by Crippen LogP contribution is 2.50. The van der Waals surface area contributed by atoms with Crippen molar-refractivity contribution in [3.63, 3.8) is 0 Å². The molecule has 3 N–H and O–H groups in total. The first-order chi connectivity index (χ1) is 8.27. The van der Waals surface area contributed by atoms with Gasteiger partial charge in [-0.15, -0.1) is 0 Å². The molecule has 3 nitrogen and oxygen atoms in total. The Morgan fingerprint density at radius 1 is 1.18 bits per heavy atom. The molecule has 3 aliphatic heterocycles. The number of para-hydroxylation sites is 1. The maximum atomic E-state index is 6.46. The fourth-order valence-corrected chi connectivity index (χ4v) is 3.88. The van der Waals surface area contributed by atoms with Gasteiger partial charge in [0.1, 0.15) is 11.4 Å². The van der Waals surface area contributed by atoms with E-state index in [9.17, 15) is 0 Å². The van der Waals surface area contributed by atoms with Crippen molar-refractivity contribution in [2.75, 3.05) is 0 Å². The summed E-state index contributed by atoms with van der Waals surface area (Å²) < 4.78 is 6.26. The van der Waals surface area contributed by atoms with Crippen LogP contribution in [-0.4, -0.2) is 17.7 Å². The van der Waals surface area contributed by atoms with Crippen LogP contribution in [0.3, 0.4) is 0 Å². The number of hydrogen-bond donors (Lipinski definition) is 2. The van der Waals surface area contributed by atoms with E-state index in [4.69, 9.17) is 10.5 Å². The molecule has 0 aliphatic carbocycles. The van der Waals surface area contributed by atoms with Gasteiger partial charge in [-0.1, -0.05) is 18.2 Å². The first-order valence-corrected chi connectivity index (χ1v) is 6.56. The summed E-state index contributed by atoms with van der Waals surface area (Å²) in [5, 5.41) is 3.65. The predicted octanol–water partition coefficient (Wildman–Crippen LogP) is 1.73. The first kappa shape index (κ1) is 9.92. The Morgan fingerprint density at radius 3 is 2.59 bits per heavy atom. The number of nitrogens with one attached hydrogen (secondary N) is 1. The van der Waals surface area contributed by atoms with Gasteiger partial charge in [0, 0.05) is 30.5 Å². The Hall–Kier alpha value is -1.06. The third kappa shape index (κ3) is 1.30. The summed E-state index contributed by atoms with van der Waals surface area (Å²) >= 11 is 0. The average molecular weight is 230 g/mol. The van der Waals surface area contributed by atoms with Crippen molar-refractivity contribution in [2.24, 2.45) is 5.73 Å². The lowest BCUT2D eigenvalue weighted by molar-refractivity contribution is 0.0183. The third-order valence-corrected chi connectivity index (χ3v) is 4.65. The fraction of sp³-hybridized carbons (Fsp3) is 0.571. The number of ether oxygens (including phenoxy) is 1. The molecule has 4 atom stereocenters. The summed E-state index contributed by atoms with van der Waals surface area (Å²) in [6.07, 6.45) is 4.66. The zero-order valence-electron chi connectivity index (χ0n) is 9.86. The quantitative estimate of drug-likeness (QED) is 0.713. The lowest BCUT2D eigenvalue weighted by Crippen LogP contribution is -2.54. The van der Waals surface area contributed by atoms with Crippen molar-refractivity contribution >= 4 is 0 Å². The first-order valence-electron chi connectivity index (χ1n) is 6.56. The zero-order chi connectivity index (χ0) is 11.5. The monoisotopic (exact) mass is 230 g/mol. The van der Waals surface area contributed by atoms with Crippen LogP contribution in [0.15, 0.2) is 24.3 Å². The van der Waals surface area contributed by atoms with Gasteiger partial charge in [-0.3, -0.25) is 0 Å². The minimum Gasteiger partial charge on any atom is -0.485 e. The Kier molecular flexibility index (Phi) is 1.89. The van der Waals surface area contributed by atoms with E-state index in [1.54, 1.807) is 0 Å². The van der Waals surface area contributed by atoms with E-state index in [2.05, 4.69) is 17.4 Å². The van der Waals surface area contributed by atoms with Gasteiger partial charge in [-0.05, 0) is 18.9 Å². The molecular formula is C14H18N2O. The molecule has 2 bridgehead atoms. The second kappa shape index (κ2) is 3.24. The molecule has 4 rings (SSSR count). The molecule has 1 aromatic carbocycles. The lowest BCUT2D eigenvalue weighted by atomic mass is 9.80. The maximum absolute atomic E-state index is 6.46. The molecule has 3 heterocycles. The Labute approximate surface area is 101 Å². The SMILES string of the molecule is N[C@@H]1c2ccccc2O[C@]12C[C@H]1CC[C@@H](C2)N1. The average Bonchev–Trinajstić information content (AvgIpc) is 2.80. The van der Waals surface area contributed by atoms with Crippen LogP contribution >= 0.6 is 0 Å². The van der Waals surface area contributed by atoms with Gasteiger partial charge >= 0.3 is 0 Å². The van der Waals surface area contributed by atoms with E-state index < -0.39 is 0 Å². The summed E-state index contributed by atoms with van der Waals surface area (Å²) in [7, 11) is 0. The molecule has 1 aromatic rings. The van der Waals surface area contributed by atoms with Crippen LogP contribution < -0.4 is 15.8 Å². The Morgan fingerprint density at radius 2 is 1.88 bits per heavy atom. The zero-order valence-corrected chi connectivity index (χ0v) is 9.86. The molecule has 0 aromatic heterocycles. The van der Waals surface area contributed by atoms with Gasteiger partial charge in [-0.25, -0.2) is 0 Å². The van der Waals surface area contributed by atoms with E-state index in [0.29, 0.717) is 12.1 Å². The van der Waals surface area contributed by atoms with E-state index >= 15 is 0 Å². The second-order valence-electron chi connectivity index (χ2n) is 5.73. The molecule has 0 radical (unpaired) electrons. The highest BCUT2D eigenvalue weighted by Gasteiger charge is 2.53. The summed E-state index contributed by atoms with van der Waals surface area (Å²) in [5.41, 5.74) is 7.51. The molecule has 0 amide bonds. The molecule has 17 heavy (non-hydrogen) atoms. The number of benzene rings is 1. The molecule has 1 spiro atoms.